The zero-order valence-electron chi connectivity index (χ0n) is 28.4. The zero-order valence-corrected chi connectivity index (χ0v) is 30.0. The minimum Gasteiger partial charge on any atom is -0.341 e. The van der Waals surface area contributed by atoms with Crippen molar-refractivity contribution in [3.05, 3.63) is 106 Å². The van der Waals surface area contributed by atoms with Gasteiger partial charge in [-0.1, -0.05) is 105 Å². The third-order valence-electron chi connectivity index (χ3n) is 7.51. The highest BCUT2D eigenvalue weighted by molar-refractivity contribution is 9.11. The number of hydrogen-bond acceptors (Lipinski definition) is 2. The van der Waals surface area contributed by atoms with Gasteiger partial charge in [0.25, 0.3) is 0 Å². The van der Waals surface area contributed by atoms with Crippen molar-refractivity contribution in [1.82, 2.24) is 0 Å². The Kier molecular flexibility index (Phi) is 17.5. The summed E-state index contributed by atoms with van der Waals surface area (Å²) < 4.78 is 1.21. The Hall–Kier alpha value is -2.52. The SMILES string of the molecule is C=CCCC/C(=C\C)N(C/C(C)=C\C(=C/CC)C(C)(C)C)c1ccc(N(/C(=C\C)CC)C(C)/C=C\C/C(Br)=C\C)cc1. The van der Waals surface area contributed by atoms with Crippen molar-refractivity contribution >= 4 is 27.3 Å². The fourth-order valence-electron chi connectivity index (χ4n) is 5.13. The van der Waals surface area contributed by atoms with Crippen molar-refractivity contribution in [3.8, 4) is 0 Å². The number of benzene rings is 1. The zero-order chi connectivity index (χ0) is 31.7. The van der Waals surface area contributed by atoms with E-state index in [1.165, 1.54) is 38.4 Å². The summed E-state index contributed by atoms with van der Waals surface area (Å²) >= 11 is 3.63. The van der Waals surface area contributed by atoms with Crippen molar-refractivity contribution in [2.75, 3.05) is 16.3 Å². The standard InChI is InChI=1S/C39H59BrN2/c1-12-18-19-24-36(17-6)41(30-31(7)29-33(21-13-2)39(9,10)11)37-25-27-38(28-26-37)42(35(15-4)16-5)32(8)22-20-23-34(40)14-3/h12,14-15,17,20-22,25-29,32H,1,13,16,18-19,23-24,30H2,2-11H3/b22-20-,31-29-,33-21+,34-14+,35-15-,36-17+. The fraction of sp³-hybridized carbons (Fsp3) is 0.487. The first kappa shape index (κ1) is 37.5. The van der Waals surface area contributed by atoms with Crippen molar-refractivity contribution in [2.24, 2.45) is 5.41 Å². The first-order valence-corrected chi connectivity index (χ1v) is 16.7. The van der Waals surface area contributed by atoms with E-state index < -0.39 is 0 Å². The Bertz CT molecular complexity index is 1140. The van der Waals surface area contributed by atoms with Gasteiger partial charge < -0.3 is 9.80 Å². The lowest BCUT2D eigenvalue weighted by atomic mass is 9.84. The van der Waals surface area contributed by atoms with Crippen LogP contribution in [0.4, 0.5) is 11.4 Å². The van der Waals surface area contributed by atoms with E-state index >= 15 is 0 Å². The van der Waals surface area contributed by atoms with Crippen LogP contribution in [0.15, 0.2) is 106 Å². The number of allylic oxidation sites excluding steroid dienone is 11. The molecule has 0 spiro atoms. The van der Waals surface area contributed by atoms with Crippen LogP contribution >= 0.6 is 15.9 Å². The summed E-state index contributed by atoms with van der Waals surface area (Å²) in [5, 5.41) is 0. The molecule has 1 atom stereocenters. The van der Waals surface area contributed by atoms with E-state index in [4.69, 9.17) is 0 Å². The van der Waals surface area contributed by atoms with Crippen LogP contribution in [0.3, 0.4) is 0 Å². The Morgan fingerprint density at radius 1 is 0.976 bits per heavy atom. The van der Waals surface area contributed by atoms with Crippen molar-refractivity contribution in [2.45, 2.75) is 114 Å². The van der Waals surface area contributed by atoms with E-state index in [0.717, 1.165) is 45.1 Å². The van der Waals surface area contributed by atoms with Crippen LogP contribution in [0.1, 0.15) is 108 Å². The van der Waals surface area contributed by atoms with Crippen LogP contribution < -0.4 is 9.80 Å². The highest BCUT2D eigenvalue weighted by atomic mass is 79.9. The first-order chi connectivity index (χ1) is 20.0. The molecule has 0 fully saturated rings. The third kappa shape index (κ3) is 12.4. The molecule has 1 unspecified atom stereocenters. The molecule has 0 saturated carbocycles. The number of anilines is 2. The number of hydrogen-bond donors (Lipinski definition) is 0. The van der Waals surface area contributed by atoms with Crippen LogP contribution in [-0.2, 0) is 0 Å². The first-order valence-electron chi connectivity index (χ1n) is 15.9. The monoisotopic (exact) mass is 634 g/mol. The van der Waals surface area contributed by atoms with Gasteiger partial charge in [-0.25, -0.2) is 0 Å². The Morgan fingerprint density at radius 2 is 1.60 bits per heavy atom. The van der Waals surface area contributed by atoms with E-state index in [2.05, 4.69) is 168 Å². The lowest BCUT2D eigenvalue weighted by molar-refractivity contribution is 0.514. The van der Waals surface area contributed by atoms with Crippen molar-refractivity contribution in [1.29, 1.82) is 0 Å². The Balaban J connectivity index is 3.52. The molecule has 1 aromatic rings. The van der Waals surface area contributed by atoms with Gasteiger partial charge in [0.15, 0.2) is 0 Å². The lowest BCUT2D eigenvalue weighted by Gasteiger charge is -2.33. The van der Waals surface area contributed by atoms with Gasteiger partial charge in [-0.05, 0) is 113 Å². The Labute approximate surface area is 268 Å². The summed E-state index contributed by atoms with van der Waals surface area (Å²) in [6.07, 6.45) is 24.1. The predicted octanol–water partition coefficient (Wildman–Crippen LogP) is 12.8. The minimum atomic E-state index is 0.123. The van der Waals surface area contributed by atoms with Gasteiger partial charge in [0, 0.05) is 35.4 Å². The van der Waals surface area contributed by atoms with Gasteiger partial charge in [0.1, 0.15) is 0 Å². The highest BCUT2D eigenvalue weighted by Gasteiger charge is 2.19. The normalized spacial score (nSPS) is 14.9. The van der Waals surface area contributed by atoms with Gasteiger partial charge in [0.2, 0.25) is 0 Å². The number of unbranched alkanes of at least 4 members (excludes halogenated alkanes) is 1. The van der Waals surface area contributed by atoms with Gasteiger partial charge in [-0.3, -0.25) is 0 Å². The van der Waals surface area contributed by atoms with Crippen LogP contribution in [0.25, 0.3) is 0 Å². The average Bonchev–Trinajstić information content (AvgIpc) is 2.96. The summed E-state index contributed by atoms with van der Waals surface area (Å²) in [6, 6.07) is 9.43. The van der Waals surface area contributed by atoms with E-state index in [1.807, 2.05) is 6.08 Å². The molecule has 1 rings (SSSR count). The highest BCUT2D eigenvalue weighted by Crippen LogP contribution is 2.32. The fourth-order valence-corrected chi connectivity index (χ4v) is 5.32. The quantitative estimate of drug-likeness (QED) is 0.0955. The molecule has 0 aromatic heterocycles. The molecular formula is C39H59BrN2. The second-order valence-electron chi connectivity index (χ2n) is 12.0. The van der Waals surface area contributed by atoms with Gasteiger partial charge in [-0.2, -0.15) is 0 Å². The summed E-state index contributed by atoms with van der Waals surface area (Å²) in [5.41, 5.74) is 8.04. The van der Waals surface area contributed by atoms with Crippen LogP contribution in [0, 0.1) is 5.41 Å². The molecule has 0 aliphatic rings. The lowest BCUT2D eigenvalue weighted by Crippen LogP contribution is -2.31. The Morgan fingerprint density at radius 3 is 2.10 bits per heavy atom. The maximum Gasteiger partial charge on any atom is 0.0490 e. The summed E-state index contributed by atoms with van der Waals surface area (Å²) in [4.78, 5) is 4.97. The predicted molar refractivity (Wildman–Crippen MR) is 196 cm³/mol. The van der Waals surface area contributed by atoms with E-state index in [0.29, 0.717) is 0 Å². The topological polar surface area (TPSA) is 6.48 Å². The molecule has 0 aliphatic heterocycles. The van der Waals surface area contributed by atoms with Gasteiger partial charge >= 0.3 is 0 Å². The molecule has 2 nitrogen and oxygen atoms in total. The molecule has 0 heterocycles. The smallest absolute Gasteiger partial charge is 0.0490 e. The maximum atomic E-state index is 3.94. The number of nitrogens with zero attached hydrogens (tertiary/aromatic N) is 2. The molecule has 0 radical (unpaired) electrons. The largest absolute Gasteiger partial charge is 0.341 e. The van der Waals surface area contributed by atoms with Gasteiger partial charge in [-0.15, -0.1) is 6.58 Å². The molecule has 1 aromatic carbocycles. The molecule has 0 aliphatic carbocycles. The van der Waals surface area contributed by atoms with E-state index in [1.54, 1.807) is 0 Å². The molecular weight excluding hydrogens is 576 g/mol. The van der Waals surface area contributed by atoms with Gasteiger partial charge in [0.05, 0.1) is 0 Å². The van der Waals surface area contributed by atoms with Crippen LogP contribution in [0.5, 0.6) is 0 Å². The summed E-state index contributed by atoms with van der Waals surface area (Å²) in [5.74, 6) is 0. The minimum absolute atomic E-state index is 0.123. The third-order valence-corrected chi connectivity index (χ3v) is 8.29. The van der Waals surface area contributed by atoms with Crippen molar-refractivity contribution < 1.29 is 0 Å². The molecule has 42 heavy (non-hydrogen) atoms. The summed E-state index contributed by atoms with van der Waals surface area (Å²) in [7, 11) is 0. The second kappa shape index (κ2) is 19.6. The molecule has 0 saturated heterocycles. The van der Waals surface area contributed by atoms with Crippen LogP contribution in [0.2, 0.25) is 0 Å². The maximum absolute atomic E-state index is 3.94. The molecule has 0 amide bonds. The number of rotatable bonds is 17. The van der Waals surface area contributed by atoms with Crippen molar-refractivity contribution in [3.63, 3.8) is 0 Å². The molecule has 232 valence electrons. The molecule has 3 heteroatoms. The van der Waals surface area contributed by atoms with E-state index in [-0.39, 0.29) is 11.5 Å². The second-order valence-corrected chi connectivity index (χ2v) is 13.0. The van der Waals surface area contributed by atoms with E-state index in [9.17, 15) is 0 Å². The number of halogens is 1. The average molecular weight is 636 g/mol. The molecule has 0 bridgehead atoms. The molecule has 0 N–H and O–H groups in total. The summed E-state index contributed by atoms with van der Waals surface area (Å²) in [6.45, 7) is 27.1. The van der Waals surface area contributed by atoms with Crippen LogP contribution in [-0.4, -0.2) is 12.6 Å².